The van der Waals surface area contributed by atoms with Crippen LogP contribution in [0.2, 0.25) is 0 Å². The molecule has 1 amide bonds. The lowest BCUT2D eigenvalue weighted by Crippen LogP contribution is -2.45. The molecule has 1 aliphatic rings. The summed E-state index contributed by atoms with van der Waals surface area (Å²) < 4.78 is 23.9. The average molecular weight is 343 g/mol. The van der Waals surface area contributed by atoms with Gasteiger partial charge in [0.05, 0.1) is 14.2 Å². The number of halogens is 1. The van der Waals surface area contributed by atoms with Gasteiger partial charge in [0.25, 0.3) is 5.91 Å². The SMILES string of the molecule is COc1cc2c(cc1OC)C(C)(C)CN(C(=O)c1ccc(F)cc1)C2. The molecule has 0 aliphatic carbocycles. The second-order valence-electron chi connectivity index (χ2n) is 6.92. The van der Waals surface area contributed by atoms with Crippen molar-refractivity contribution in [3.05, 3.63) is 58.9 Å². The van der Waals surface area contributed by atoms with Crippen molar-refractivity contribution in [1.29, 1.82) is 0 Å². The van der Waals surface area contributed by atoms with Crippen molar-refractivity contribution in [3.63, 3.8) is 0 Å². The topological polar surface area (TPSA) is 38.8 Å². The van der Waals surface area contributed by atoms with Crippen molar-refractivity contribution in [2.75, 3.05) is 20.8 Å². The predicted octanol–water partition coefficient (Wildman–Crippen LogP) is 3.78. The van der Waals surface area contributed by atoms with Crippen LogP contribution in [0.25, 0.3) is 0 Å². The van der Waals surface area contributed by atoms with Crippen molar-refractivity contribution >= 4 is 5.91 Å². The summed E-state index contributed by atoms with van der Waals surface area (Å²) in [6.45, 7) is 5.25. The van der Waals surface area contributed by atoms with Gasteiger partial charge in [0.2, 0.25) is 0 Å². The number of ether oxygens (including phenoxy) is 2. The number of hydrogen-bond acceptors (Lipinski definition) is 3. The number of nitrogens with zero attached hydrogens (tertiary/aromatic N) is 1. The molecule has 2 aromatic rings. The van der Waals surface area contributed by atoms with Crippen LogP contribution in [-0.2, 0) is 12.0 Å². The molecule has 132 valence electrons. The summed E-state index contributed by atoms with van der Waals surface area (Å²) in [7, 11) is 3.21. The zero-order chi connectivity index (χ0) is 18.2. The molecule has 0 N–H and O–H groups in total. The number of amides is 1. The molecule has 4 nitrogen and oxygen atoms in total. The van der Waals surface area contributed by atoms with Crippen LogP contribution in [0.3, 0.4) is 0 Å². The minimum atomic E-state index is -0.349. The molecule has 0 atom stereocenters. The van der Waals surface area contributed by atoms with Crippen LogP contribution < -0.4 is 9.47 Å². The fourth-order valence-corrected chi connectivity index (χ4v) is 3.42. The number of carbonyl (C=O) groups is 1. The molecule has 0 unspecified atom stereocenters. The summed E-state index contributed by atoms with van der Waals surface area (Å²) in [5.41, 5.74) is 2.43. The van der Waals surface area contributed by atoms with Crippen LogP contribution in [0.15, 0.2) is 36.4 Å². The van der Waals surface area contributed by atoms with Crippen molar-refractivity contribution < 1.29 is 18.7 Å². The van der Waals surface area contributed by atoms with E-state index in [9.17, 15) is 9.18 Å². The van der Waals surface area contributed by atoms with Crippen LogP contribution in [0.5, 0.6) is 11.5 Å². The van der Waals surface area contributed by atoms with Crippen molar-refractivity contribution in [1.82, 2.24) is 4.90 Å². The maximum atomic E-state index is 13.1. The third kappa shape index (κ3) is 3.18. The van der Waals surface area contributed by atoms with Gasteiger partial charge in [-0.1, -0.05) is 13.8 Å². The van der Waals surface area contributed by atoms with Crippen LogP contribution >= 0.6 is 0 Å². The Labute approximate surface area is 147 Å². The molecule has 1 aliphatic heterocycles. The van der Waals surface area contributed by atoms with Crippen molar-refractivity contribution in [2.24, 2.45) is 0 Å². The number of benzene rings is 2. The van der Waals surface area contributed by atoms with E-state index in [-0.39, 0.29) is 17.1 Å². The van der Waals surface area contributed by atoms with Crippen molar-refractivity contribution in [2.45, 2.75) is 25.8 Å². The smallest absolute Gasteiger partial charge is 0.254 e. The zero-order valence-corrected chi connectivity index (χ0v) is 14.9. The molecule has 5 heteroatoms. The van der Waals surface area contributed by atoms with E-state index in [2.05, 4.69) is 13.8 Å². The molecule has 0 fully saturated rings. The predicted molar refractivity (Wildman–Crippen MR) is 93.7 cm³/mol. The van der Waals surface area contributed by atoms with Gasteiger partial charge in [-0.2, -0.15) is 0 Å². The standard InChI is InChI=1S/C20H22FNO3/c1-20(2)12-22(19(23)13-5-7-15(21)8-6-13)11-14-9-17(24-3)18(25-4)10-16(14)20/h5-10H,11-12H2,1-4H3. The quantitative estimate of drug-likeness (QED) is 0.851. The van der Waals surface area contributed by atoms with Gasteiger partial charge in [-0.3, -0.25) is 4.79 Å². The molecule has 0 spiro atoms. The molecule has 0 radical (unpaired) electrons. The van der Waals surface area contributed by atoms with Gasteiger partial charge in [0, 0.05) is 24.1 Å². The Hall–Kier alpha value is -2.56. The highest BCUT2D eigenvalue weighted by Gasteiger charge is 2.35. The first-order chi connectivity index (χ1) is 11.9. The molecular weight excluding hydrogens is 321 g/mol. The summed E-state index contributed by atoms with van der Waals surface area (Å²) >= 11 is 0. The first-order valence-electron chi connectivity index (χ1n) is 8.16. The molecule has 1 heterocycles. The Morgan fingerprint density at radius 2 is 1.68 bits per heavy atom. The van der Waals surface area contributed by atoms with Crippen LogP contribution in [0.4, 0.5) is 4.39 Å². The largest absolute Gasteiger partial charge is 0.493 e. The zero-order valence-electron chi connectivity index (χ0n) is 14.9. The minimum absolute atomic E-state index is 0.103. The average Bonchev–Trinajstić information content (AvgIpc) is 2.60. The monoisotopic (exact) mass is 343 g/mol. The summed E-state index contributed by atoms with van der Waals surface area (Å²) in [6.07, 6.45) is 0. The van der Waals surface area contributed by atoms with Gasteiger partial charge in [0.1, 0.15) is 5.82 Å². The molecule has 0 saturated heterocycles. The van der Waals surface area contributed by atoms with E-state index in [0.717, 1.165) is 11.1 Å². The minimum Gasteiger partial charge on any atom is -0.493 e. The molecule has 2 aromatic carbocycles. The third-order valence-corrected chi connectivity index (χ3v) is 4.66. The van der Waals surface area contributed by atoms with Gasteiger partial charge in [-0.15, -0.1) is 0 Å². The van der Waals surface area contributed by atoms with Gasteiger partial charge in [-0.25, -0.2) is 4.39 Å². The number of fused-ring (bicyclic) bond motifs is 1. The molecule has 0 aromatic heterocycles. The van der Waals surface area contributed by atoms with Crippen molar-refractivity contribution in [3.8, 4) is 11.5 Å². The Morgan fingerprint density at radius 1 is 1.08 bits per heavy atom. The lowest BCUT2D eigenvalue weighted by atomic mass is 9.78. The Bertz CT molecular complexity index is 799. The number of carbonyl (C=O) groups excluding carboxylic acids is 1. The normalized spacial score (nSPS) is 15.5. The number of methoxy groups -OCH3 is 2. The van der Waals surface area contributed by atoms with E-state index in [1.165, 1.54) is 24.3 Å². The van der Waals surface area contributed by atoms with Gasteiger partial charge >= 0.3 is 0 Å². The third-order valence-electron chi connectivity index (χ3n) is 4.66. The Balaban J connectivity index is 1.97. The lowest BCUT2D eigenvalue weighted by molar-refractivity contribution is 0.0685. The van der Waals surface area contributed by atoms with E-state index < -0.39 is 0 Å². The highest BCUT2D eigenvalue weighted by atomic mass is 19.1. The maximum Gasteiger partial charge on any atom is 0.254 e. The van der Waals surface area contributed by atoms with E-state index in [1.54, 1.807) is 19.1 Å². The molecule has 3 rings (SSSR count). The molecule has 25 heavy (non-hydrogen) atoms. The summed E-state index contributed by atoms with van der Waals surface area (Å²) in [4.78, 5) is 14.6. The van der Waals surface area contributed by atoms with E-state index in [4.69, 9.17) is 9.47 Å². The molecule has 0 bridgehead atoms. The van der Waals surface area contributed by atoms with E-state index in [0.29, 0.717) is 30.2 Å². The Kier molecular flexibility index (Phi) is 4.41. The summed E-state index contributed by atoms with van der Waals surface area (Å²) in [6, 6.07) is 9.59. The highest BCUT2D eigenvalue weighted by Crippen LogP contribution is 2.40. The molecule has 0 saturated carbocycles. The van der Waals surface area contributed by atoms with Gasteiger partial charge in [-0.05, 0) is 47.5 Å². The van der Waals surface area contributed by atoms with E-state index >= 15 is 0 Å². The second-order valence-corrected chi connectivity index (χ2v) is 6.92. The fourth-order valence-electron chi connectivity index (χ4n) is 3.42. The summed E-state index contributed by atoms with van der Waals surface area (Å²) in [5, 5.41) is 0. The lowest BCUT2D eigenvalue weighted by Gasteiger charge is -2.40. The highest BCUT2D eigenvalue weighted by molar-refractivity contribution is 5.94. The van der Waals surface area contributed by atoms with E-state index in [1.807, 2.05) is 12.1 Å². The first kappa shape index (κ1) is 17.3. The number of rotatable bonds is 3. The first-order valence-corrected chi connectivity index (χ1v) is 8.16. The maximum absolute atomic E-state index is 13.1. The van der Waals surface area contributed by atoms with Gasteiger partial charge in [0.15, 0.2) is 11.5 Å². The molecular formula is C20H22FNO3. The van der Waals surface area contributed by atoms with Crippen LogP contribution in [0.1, 0.15) is 35.3 Å². The summed E-state index contributed by atoms with van der Waals surface area (Å²) in [5.74, 6) is 0.881. The van der Waals surface area contributed by atoms with Gasteiger partial charge < -0.3 is 14.4 Å². The number of hydrogen-bond donors (Lipinski definition) is 0. The second kappa shape index (κ2) is 6.39. The van der Waals surface area contributed by atoms with Crippen LogP contribution in [-0.4, -0.2) is 31.6 Å². The van der Waals surface area contributed by atoms with Crippen LogP contribution in [0, 0.1) is 5.82 Å². The fraction of sp³-hybridized carbons (Fsp3) is 0.350. The Morgan fingerprint density at radius 3 is 2.28 bits per heavy atom.